The lowest BCUT2D eigenvalue weighted by molar-refractivity contribution is 0.619. The molecule has 0 N–H and O–H groups in total. The minimum Gasteiger partial charge on any atom is -0.207 e. The lowest BCUT2D eigenvalue weighted by Crippen LogP contribution is -1.94. The molecule has 0 fully saturated rings. The van der Waals surface area contributed by atoms with Gasteiger partial charge in [0.2, 0.25) is 0 Å². The van der Waals surface area contributed by atoms with Gasteiger partial charge in [-0.05, 0) is 72.7 Å². The fourth-order valence-corrected chi connectivity index (χ4v) is 2.75. The zero-order chi connectivity index (χ0) is 15.4. The highest BCUT2D eigenvalue weighted by Crippen LogP contribution is 2.30. The van der Waals surface area contributed by atoms with Gasteiger partial charge in [-0.25, -0.2) is 4.39 Å². The largest absolute Gasteiger partial charge is 0.207 e. The predicted octanol–water partition coefficient (Wildman–Crippen LogP) is 6.10. The van der Waals surface area contributed by atoms with Crippen molar-refractivity contribution in [2.24, 2.45) is 0 Å². The molecule has 0 saturated carbocycles. The Kier molecular flexibility index (Phi) is 4.95. The molecule has 0 nitrogen and oxygen atoms in total. The van der Waals surface area contributed by atoms with E-state index in [1.165, 1.54) is 22.3 Å². The van der Waals surface area contributed by atoms with Crippen LogP contribution in [0.15, 0.2) is 36.4 Å². The number of aryl methyl sites for hydroxylation is 3. The summed E-state index contributed by atoms with van der Waals surface area (Å²) in [7, 11) is 0. The smallest absolute Gasteiger partial charge is 0.126 e. The first-order chi connectivity index (χ1) is 10.1. The Labute approximate surface area is 127 Å². The van der Waals surface area contributed by atoms with E-state index in [1.807, 2.05) is 26.0 Å². The maximum absolute atomic E-state index is 13.5. The highest BCUT2D eigenvalue weighted by Gasteiger charge is 2.09. The standard InChI is InChI=1S/C20H23F/c1-5-7-16-11-14(3)18(8-6-2)19(13-16)17-9-10-20(21)15(4)12-17/h6,8-13H,5,7H2,1-4H3/b8-6+. The normalized spacial score (nSPS) is 11.3. The van der Waals surface area contributed by atoms with Crippen LogP contribution >= 0.6 is 0 Å². The molecule has 0 aliphatic rings. The molecule has 110 valence electrons. The zero-order valence-corrected chi connectivity index (χ0v) is 13.3. The first-order valence-corrected chi connectivity index (χ1v) is 7.59. The Balaban J connectivity index is 2.65. The van der Waals surface area contributed by atoms with Gasteiger partial charge in [-0.2, -0.15) is 0 Å². The van der Waals surface area contributed by atoms with Crippen molar-refractivity contribution in [3.63, 3.8) is 0 Å². The van der Waals surface area contributed by atoms with Crippen molar-refractivity contribution < 1.29 is 4.39 Å². The molecule has 0 heterocycles. The van der Waals surface area contributed by atoms with Gasteiger partial charge < -0.3 is 0 Å². The van der Waals surface area contributed by atoms with Crippen molar-refractivity contribution >= 4 is 6.08 Å². The molecule has 2 rings (SSSR count). The molecule has 0 bridgehead atoms. The fourth-order valence-electron chi connectivity index (χ4n) is 2.75. The van der Waals surface area contributed by atoms with Crippen LogP contribution < -0.4 is 0 Å². The average molecular weight is 282 g/mol. The molecule has 0 aliphatic heterocycles. The van der Waals surface area contributed by atoms with E-state index < -0.39 is 0 Å². The van der Waals surface area contributed by atoms with Crippen LogP contribution in [-0.2, 0) is 6.42 Å². The van der Waals surface area contributed by atoms with Gasteiger partial charge in [0.1, 0.15) is 5.82 Å². The Hall–Kier alpha value is -1.89. The molecule has 1 heteroatoms. The summed E-state index contributed by atoms with van der Waals surface area (Å²) in [5, 5.41) is 0. The van der Waals surface area contributed by atoms with Gasteiger partial charge in [-0.3, -0.25) is 0 Å². The third kappa shape index (κ3) is 3.41. The van der Waals surface area contributed by atoms with Gasteiger partial charge in [-0.1, -0.05) is 43.7 Å². The summed E-state index contributed by atoms with van der Waals surface area (Å²) in [6.07, 6.45) is 6.40. The summed E-state index contributed by atoms with van der Waals surface area (Å²) in [4.78, 5) is 0. The number of rotatable bonds is 4. The van der Waals surface area contributed by atoms with Gasteiger partial charge in [0.25, 0.3) is 0 Å². The Morgan fingerprint density at radius 3 is 2.43 bits per heavy atom. The van der Waals surface area contributed by atoms with E-state index in [0.29, 0.717) is 5.56 Å². The third-order valence-electron chi connectivity index (χ3n) is 3.79. The van der Waals surface area contributed by atoms with Crippen molar-refractivity contribution in [3.8, 4) is 11.1 Å². The minimum atomic E-state index is -0.146. The molecule has 0 spiro atoms. The van der Waals surface area contributed by atoms with Crippen LogP contribution in [0.4, 0.5) is 4.39 Å². The second-order valence-corrected chi connectivity index (χ2v) is 5.59. The lowest BCUT2D eigenvalue weighted by atomic mass is 9.91. The summed E-state index contributed by atoms with van der Waals surface area (Å²) < 4.78 is 13.5. The molecule has 2 aromatic rings. The molecular formula is C20H23F. The monoisotopic (exact) mass is 282 g/mol. The highest BCUT2D eigenvalue weighted by atomic mass is 19.1. The summed E-state index contributed by atoms with van der Waals surface area (Å²) >= 11 is 0. The number of benzene rings is 2. The summed E-state index contributed by atoms with van der Waals surface area (Å²) in [5.41, 5.74) is 6.82. The van der Waals surface area contributed by atoms with E-state index in [9.17, 15) is 4.39 Å². The SMILES string of the molecule is C/C=C/c1c(C)cc(CCC)cc1-c1ccc(F)c(C)c1. The van der Waals surface area contributed by atoms with Crippen molar-refractivity contribution in [1.29, 1.82) is 0 Å². The first-order valence-electron chi connectivity index (χ1n) is 7.59. The molecule has 0 aromatic heterocycles. The van der Waals surface area contributed by atoms with Gasteiger partial charge in [0.05, 0.1) is 0 Å². The van der Waals surface area contributed by atoms with Gasteiger partial charge in [-0.15, -0.1) is 0 Å². The molecule has 0 unspecified atom stereocenters. The van der Waals surface area contributed by atoms with E-state index >= 15 is 0 Å². The Bertz CT molecular complexity index is 666. The van der Waals surface area contributed by atoms with Gasteiger partial charge in [0, 0.05) is 0 Å². The van der Waals surface area contributed by atoms with E-state index in [1.54, 1.807) is 6.07 Å². The molecular weight excluding hydrogens is 259 g/mol. The molecule has 0 amide bonds. The van der Waals surface area contributed by atoms with Crippen molar-refractivity contribution in [2.75, 3.05) is 0 Å². The number of halogens is 1. The van der Waals surface area contributed by atoms with Gasteiger partial charge in [0.15, 0.2) is 0 Å². The van der Waals surface area contributed by atoms with Crippen LogP contribution in [0.3, 0.4) is 0 Å². The quantitative estimate of drug-likeness (QED) is 0.636. The van der Waals surface area contributed by atoms with E-state index in [0.717, 1.165) is 18.4 Å². The average Bonchev–Trinajstić information content (AvgIpc) is 2.45. The fraction of sp³-hybridized carbons (Fsp3) is 0.300. The summed E-state index contributed by atoms with van der Waals surface area (Å²) in [6, 6.07) is 9.88. The van der Waals surface area contributed by atoms with Crippen LogP contribution in [0.1, 0.15) is 42.5 Å². The zero-order valence-electron chi connectivity index (χ0n) is 13.3. The van der Waals surface area contributed by atoms with Crippen molar-refractivity contribution in [2.45, 2.75) is 40.5 Å². The van der Waals surface area contributed by atoms with Crippen LogP contribution in [0.25, 0.3) is 17.2 Å². The Morgan fingerprint density at radius 2 is 1.81 bits per heavy atom. The second-order valence-electron chi connectivity index (χ2n) is 5.59. The number of hydrogen-bond acceptors (Lipinski definition) is 0. The molecule has 2 aromatic carbocycles. The maximum Gasteiger partial charge on any atom is 0.126 e. The van der Waals surface area contributed by atoms with Crippen molar-refractivity contribution in [1.82, 2.24) is 0 Å². The van der Waals surface area contributed by atoms with E-state index in [-0.39, 0.29) is 5.82 Å². The lowest BCUT2D eigenvalue weighted by Gasteiger charge is -2.14. The molecule has 0 radical (unpaired) electrons. The Morgan fingerprint density at radius 1 is 1.05 bits per heavy atom. The van der Waals surface area contributed by atoms with E-state index in [4.69, 9.17) is 0 Å². The van der Waals surface area contributed by atoms with E-state index in [2.05, 4.69) is 38.1 Å². The molecule has 0 atom stereocenters. The van der Waals surface area contributed by atoms with Crippen LogP contribution in [0.2, 0.25) is 0 Å². The number of hydrogen-bond donors (Lipinski definition) is 0. The highest BCUT2D eigenvalue weighted by molar-refractivity contribution is 5.78. The molecule has 0 saturated heterocycles. The summed E-state index contributed by atoms with van der Waals surface area (Å²) in [6.45, 7) is 8.18. The maximum atomic E-state index is 13.5. The van der Waals surface area contributed by atoms with Crippen molar-refractivity contribution in [3.05, 3.63) is 64.5 Å². The molecule has 0 aliphatic carbocycles. The summed E-state index contributed by atoms with van der Waals surface area (Å²) in [5.74, 6) is -0.146. The predicted molar refractivity (Wildman–Crippen MR) is 90.0 cm³/mol. The minimum absolute atomic E-state index is 0.146. The second kappa shape index (κ2) is 6.71. The van der Waals surface area contributed by atoms with Crippen LogP contribution in [-0.4, -0.2) is 0 Å². The van der Waals surface area contributed by atoms with Gasteiger partial charge >= 0.3 is 0 Å². The third-order valence-corrected chi connectivity index (χ3v) is 3.79. The van der Waals surface area contributed by atoms with Crippen LogP contribution in [0.5, 0.6) is 0 Å². The number of allylic oxidation sites excluding steroid dienone is 1. The molecule has 21 heavy (non-hydrogen) atoms. The first kappa shape index (κ1) is 15.5. The topological polar surface area (TPSA) is 0 Å². The van der Waals surface area contributed by atoms with Crippen LogP contribution in [0, 0.1) is 19.7 Å².